The Morgan fingerprint density at radius 2 is 2.03 bits per heavy atom. The normalized spacial score (nSPS) is 31.2. The molecule has 3 heterocycles. The number of H-pyrrole nitrogens is 1. The summed E-state index contributed by atoms with van der Waals surface area (Å²) in [6.07, 6.45) is 5.89. The van der Waals surface area contributed by atoms with Crippen molar-refractivity contribution in [1.29, 1.82) is 0 Å². The van der Waals surface area contributed by atoms with E-state index in [2.05, 4.69) is 53.2 Å². The van der Waals surface area contributed by atoms with E-state index >= 15 is 0 Å². The van der Waals surface area contributed by atoms with Gasteiger partial charge in [0.05, 0.1) is 18.8 Å². The van der Waals surface area contributed by atoms with Gasteiger partial charge in [-0.1, -0.05) is 36.4 Å². The number of hydrogen-bond acceptors (Lipinski definition) is 3. The van der Waals surface area contributed by atoms with Crippen LogP contribution in [0.15, 0.2) is 54.1 Å². The number of para-hydroxylation sites is 1. The highest BCUT2D eigenvalue weighted by atomic mass is 16.5. The van der Waals surface area contributed by atoms with Crippen LogP contribution < -0.4 is 4.74 Å². The fourth-order valence-electron chi connectivity index (χ4n) is 6.69. The van der Waals surface area contributed by atoms with Crippen LogP contribution in [-0.2, 0) is 12.0 Å². The summed E-state index contributed by atoms with van der Waals surface area (Å²) in [5.41, 5.74) is 6.49. The zero-order valence-electron chi connectivity index (χ0n) is 19.0. The Morgan fingerprint density at radius 3 is 2.91 bits per heavy atom. The molecule has 0 radical (unpaired) electrons. The van der Waals surface area contributed by atoms with Crippen molar-refractivity contribution in [3.8, 4) is 5.75 Å². The van der Waals surface area contributed by atoms with Gasteiger partial charge >= 0.3 is 0 Å². The molecule has 2 aromatic carbocycles. The number of aromatic amines is 1. The first-order chi connectivity index (χ1) is 15.5. The Kier molecular flexibility index (Phi) is 4.70. The summed E-state index contributed by atoms with van der Waals surface area (Å²) >= 11 is 0. The molecule has 3 aliphatic rings. The predicted octanol–water partition coefficient (Wildman–Crippen LogP) is 5.12. The van der Waals surface area contributed by atoms with Crippen molar-refractivity contribution in [2.24, 2.45) is 11.8 Å². The van der Waals surface area contributed by atoms with E-state index in [1.807, 2.05) is 18.2 Å². The molecule has 4 heteroatoms. The van der Waals surface area contributed by atoms with Crippen molar-refractivity contribution in [3.63, 3.8) is 0 Å². The summed E-state index contributed by atoms with van der Waals surface area (Å²) in [7, 11) is 1.70. The van der Waals surface area contributed by atoms with Crippen molar-refractivity contribution in [2.75, 3.05) is 20.2 Å². The molecule has 1 aliphatic carbocycles. The van der Waals surface area contributed by atoms with E-state index in [0.29, 0.717) is 11.8 Å². The lowest BCUT2D eigenvalue weighted by Gasteiger charge is -2.55. The molecule has 2 fully saturated rings. The van der Waals surface area contributed by atoms with E-state index in [0.717, 1.165) is 50.1 Å². The minimum absolute atomic E-state index is 0.0293. The van der Waals surface area contributed by atoms with E-state index in [1.165, 1.54) is 27.7 Å². The van der Waals surface area contributed by atoms with E-state index in [9.17, 15) is 5.11 Å². The van der Waals surface area contributed by atoms with E-state index < -0.39 is 0 Å². The van der Waals surface area contributed by atoms with E-state index in [-0.39, 0.29) is 11.6 Å². The summed E-state index contributed by atoms with van der Waals surface area (Å²) in [4.78, 5) is 6.50. The number of aliphatic hydroxyl groups excluding tert-OH is 1. The summed E-state index contributed by atoms with van der Waals surface area (Å²) in [5.74, 6) is 2.01. The van der Waals surface area contributed by atoms with Crippen LogP contribution in [0.1, 0.15) is 43.0 Å². The molecule has 0 amide bonds. The summed E-state index contributed by atoms with van der Waals surface area (Å²) in [6, 6.07) is 16.8. The molecule has 2 aliphatic heterocycles. The monoisotopic (exact) mass is 428 g/mol. The first kappa shape index (κ1) is 20.1. The third-order valence-corrected chi connectivity index (χ3v) is 8.36. The zero-order valence-corrected chi connectivity index (χ0v) is 19.0. The van der Waals surface area contributed by atoms with Crippen LogP contribution in [-0.4, -0.2) is 41.3 Å². The third-order valence-electron chi connectivity index (χ3n) is 8.36. The maximum Gasteiger partial charge on any atom is 0.119 e. The van der Waals surface area contributed by atoms with Gasteiger partial charge in [-0.25, -0.2) is 0 Å². The highest BCUT2D eigenvalue weighted by molar-refractivity contribution is 5.85. The van der Waals surface area contributed by atoms with Crippen molar-refractivity contribution in [3.05, 3.63) is 70.9 Å². The summed E-state index contributed by atoms with van der Waals surface area (Å²) in [6.45, 7) is 4.65. The summed E-state index contributed by atoms with van der Waals surface area (Å²) < 4.78 is 5.38. The number of hydrogen-bond donors (Lipinski definition) is 2. The van der Waals surface area contributed by atoms with Crippen molar-refractivity contribution in [2.45, 2.75) is 44.2 Å². The number of nitrogens with one attached hydrogen (secondary N) is 1. The standard InChI is InChI=1S/C28H32N2O2/c1-28-16-20-15-26(31)19(12-18-6-5-7-22(13-18)32-2)14-21(20)17-30(28)11-10-24-23-8-3-4-9-25(23)29-27(24)28/h3-9,12-13,20-21,26,29,31H,10-11,14-17H2,1-2H3/b19-12+/t20-,21-,26-,28-/m1/s1. The first-order valence-corrected chi connectivity index (χ1v) is 11.9. The molecular weight excluding hydrogens is 396 g/mol. The fourth-order valence-corrected chi connectivity index (χ4v) is 6.69. The lowest BCUT2D eigenvalue weighted by molar-refractivity contribution is -0.0402. The van der Waals surface area contributed by atoms with Crippen LogP contribution in [0, 0.1) is 11.8 Å². The smallest absolute Gasteiger partial charge is 0.119 e. The van der Waals surface area contributed by atoms with Gasteiger partial charge in [0.15, 0.2) is 0 Å². The highest BCUT2D eigenvalue weighted by Gasteiger charge is 2.49. The maximum atomic E-state index is 11.1. The number of benzene rings is 2. The van der Waals surface area contributed by atoms with Gasteiger partial charge in [0.25, 0.3) is 0 Å². The van der Waals surface area contributed by atoms with Crippen LogP contribution >= 0.6 is 0 Å². The van der Waals surface area contributed by atoms with Gasteiger partial charge in [-0.15, -0.1) is 0 Å². The molecule has 0 unspecified atom stereocenters. The van der Waals surface area contributed by atoms with Crippen molar-refractivity contribution >= 4 is 17.0 Å². The number of fused-ring (bicyclic) bond motifs is 6. The van der Waals surface area contributed by atoms with E-state index in [4.69, 9.17) is 4.74 Å². The predicted molar refractivity (Wildman–Crippen MR) is 129 cm³/mol. The number of methoxy groups -OCH3 is 1. The topological polar surface area (TPSA) is 48.5 Å². The van der Waals surface area contributed by atoms with Crippen LogP contribution in [0.4, 0.5) is 0 Å². The molecule has 1 saturated carbocycles. The van der Waals surface area contributed by atoms with E-state index in [1.54, 1.807) is 7.11 Å². The second-order valence-corrected chi connectivity index (χ2v) is 10.2. The van der Waals surface area contributed by atoms with Gasteiger partial charge in [-0.2, -0.15) is 0 Å². The number of aliphatic hydroxyl groups is 1. The maximum absolute atomic E-state index is 11.1. The van der Waals surface area contributed by atoms with Crippen LogP contribution in [0.5, 0.6) is 5.75 Å². The Morgan fingerprint density at radius 1 is 1.16 bits per heavy atom. The average Bonchev–Trinajstić information content (AvgIpc) is 3.19. The Labute approximate surface area is 189 Å². The summed E-state index contributed by atoms with van der Waals surface area (Å²) in [5, 5.41) is 12.5. The number of ether oxygens (including phenoxy) is 1. The molecule has 1 saturated heterocycles. The minimum Gasteiger partial charge on any atom is -0.497 e. The molecule has 2 N–H and O–H groups in total. The van der Waals surface area contributed by atoms with Crippen molar-refractivity contribution in [1.82, 2.24) is 9.88 Å². The second kappa shape index (κ2) is 7.50. The molecule has 1 aromatic heterocycles. The Hall–Kier alpha value is -2.56. The average molecular weight is 429 g/mol. The molecule has 166 valence electrons. The number of nitrogens with zero attached hydrogens (tertiary/aromatic N) is 1. The van der Waals surface area contributed by atoms with Crippen LogP contribution in [0.2, 0.25) is 0 Å². The number of piperidine rings is 1. The third kappa shape index (κ3) is 3.12. The molecular formula is C28H32N2O2. The first-order valence-electron chi connectivity index (χ1n) is 11.9. The molecule has 6 rings (SSSR count). The quantitative estimate of drug-likeness (QED) is 0.595. The fraction of sp³-hybridized carbons (Fsp3) is 0.429. The van der Waals surface area contributed by atoms with Gasteiger partial charge in [0.2, 0.25) is 0 Å². The molecule has 4 atom stereocenters. The van der Waals surface area contributed by atoms with Crippen LogP contribution in [0.3, 0.4) is 0 Å². The zero-order chi connectivity index (χ0) is 21.9. The second-order valence-electron chi connectivity index (χ2n) is 10.2. The number of aromatic nitrogens is 1. The Balaban J connectivity index is 1.29. The minimum atomic E-state index is -0.358. The van der Waals surface area contributed by atoms with Gasteiger partial charge in [-0.3, -0.25) is 4.90 Å². The number of rotatable bonds is 2. The lowest BCUT2D eigenvalue weighted by atomic mass is 9.64. The SMILES string of the molecule is COc1cccc(/C=C2\C[C@@H]3CN4CCc5c([nH]c6ccccc56)[C@@]4(C)C[C@H]3C[C@H]2O)c1. The van der Waals surface area contributed by atoms with Gasteiger partial charge in [0, 0.05) is 29.7 Å². The Bertz CT molecular complexity index is 1200. The largest absolute Gasteiger partial charge is 0.497 e. The molecule has 3 aromatic rings. The van der Waals surface area contributed by atoms with Crippen LogP contribution in [0.25, 0.3) is 17.0 Å². The van der Waals surface area contributed by atoms with Gasteiger partial charge < -0.3 is 14.8 Å². The lowest BCUT2D eigenvalue weighted by Crippen LogP contribution is -2.57. The van der Waals surface area contributed by atoms with Gasteiger partial charge in [-0.05, 0) is 79.3 Å². The molecule has 4 nitrogen and oxygen atoms in total. The van der Waals surface area contributed by atoms with Gasteiger partial charge in [0.1, 0.15) is 5.75 Å². The molecule has 0 bridgehead atoms. The molecule has 32 heavy (non-hydrogen) atoms. The molecule has 0 spiro atoms. The highest BCUT2D eigenvalue weighted by Crippen LogP contribution is 2.51. The van der Waals surface area contributed by atoms with Crippen molar-refractivity contribution < 1.29 is 9.84 Å².